The van der Waals surface area contributed by atoms with Crippen LogP contribution in [0.5, 0.6) is 0 Å². The molecule has 1 rings (SSSR count). The van der Waals surface area contributed by atoms with Crippen molar-refractivity contribution >= 4 is 5.95 Å². The topological polar surface area (TPSA) is 39.1 Å². The van der Waals surface area contributed by atoms with Gasteiger partial charge in [-0.25, -0.2) is 4.98 Å². The number of hydrogen-bond acceptors (Lipinski definition) is 3. The molecule has 1 N–H and O–H groups in total. The molecule has 0 radical (unpaired) electrons. The van der Waals surface area contributed by atoms with Gasteiger partial charge in [0.2, 0.25) is 5.95 Å². The smallest absolute Gasteiger partial charge is 0.203 e. The first-order valence-corrected chi connectivity index (χ1v) is 5.94. The summed E-state index contributed by atoms with van der Waals surface area (Å²) in [6.07, 6.45) is 5.05. The zero-order valence-corrected chi connectivity index (χ0v) is 10.7. The molecule has 0 aromatic carbocycles. The van der Waals surface area contributed by atoms with Gasteiger partial charge < -0.3 is 14.6 Å². The standard InChI is InChI=1S/C12H23N3O/c1-5-10(2)8-15-7-6-13-12(15)14-11(3)9-16-4/h6-7,10-11H,5,8-9H2,1-4H3,(H,13,14). The van der Waals surface area contributed by atoms with Crippen LogP contribution in [0.1, 0.15) is 27.2 Å². The molecule has 2 unspecified atom stereocenters. The van der Waals surface area contributed by atoms with Crippen molar-refractivity contribution in [1.82, 2.24) is 9.55 Å². The van der Waals surface area contributed by atoms with Crippen LogP contribution in [0, 0.1) is 5.92 Å². The number of imidazole rings is 1. The lowest BCUT2D eigenvalue weighted by molar-refractivity contribution is 0.190. The highest BCUT2D eigenvalue weighted by Gasteiger charge is 2.08. The molecule has 0 saturated carbocycles. The highest BCUT2D eigenvalue weighted by atomic mass is 16.5. The van der Waals surface area contributed by atoms with Gasteiger partial charge in [0.15, 0.2) is 0 Å². The van der Waals surface area contributed by atoms with E-state index >= 15 is 0 Å². The molecule has 0 aliphatic rings. The quantitative estimate of drug-likeness (QED) is 0.774. The molecule has 0 amide bonds. The Morgan fingerprint density at radius 1 is 1.50 bits per heavy atom. The van der Waals surface area contributed by atoms with Gasteiger partial charge in [-0.05, 0) is 12.8 Å². The van der Waals surface area contributed by atoms with E-state index in [0.717, 1.165) is 12.5 Å². The molecule has 92 valence electrons. The molecule has 0 bridgehead atoms. The van der Waals surface area contributed by atoms with Gasteiger partial charge in [0.1, 0.15) is 0 Å². The number of hydrogen-bond donors (Lipinski definition) is 1. The highest BCUT2D eigenvalue weighted by Crippen LogP contribution is 2.11. The van der Waals surface area contributed by atoms with E-state index in [1.165, 1.54) is 6.42 Å². The van der Waals surface area contributed by atoms with E-state index in [-0.39, 0.29) is 6.04 Å². The first kappa shape index (κ1) is 13.0. The van der Waals surface area contributed by atoms with Crippen molar-refractivity contribution in [3.63, 3.8) is 0 Å². The number of ether oxygens (including phenoxy) is 1. The lowest BCUT2D eigenvalue weighted by atomic mass is 10.1. The minimum atomic E-state index is 0.281. The van der Waals surface area contributed by atoms with E-state index in [1.807, 2.05) is 12.4 Å². The molecule has 1 aromatic heterocycles. The van der Waals surface area contributed by atoms with Crippen molar-refractivity contribution in [2.75, 3.05) is 19.0 Å². The number of methoxy groups -OCH3 is 1. The molecule has 0 aliphatic carbocycles. The minimum absolute atomic E-state index is 0.281. The molecular weight excluding hydrogens is 202 g/mol. The van der Waals surface area contributed by atoms with Crippen LogP contribution in [0.2, 0.25) is 0 Å². The third-order valence-electron chi connectivity index (χ3n) is 2.71. The fourth-order valence-corrected chi connectivity index (χ4v) is 1.57. The Hall–Kier alpha value is -1.03. The minimum Gasteiger partial charge on any atom is -0.383 e. The maximum atomic E-state index is 5.09. The van der Waals surface area contributed by atoms with Gasteiger partial charge in [0, 0.05) is 32.1 Å². The summed E-state index contributed by atoms with van der Waals surface area (Å²) in [5, 5.41) is 3.35. The average molecular weight is 225 g/mol. The van der Waals surface area contributed by atoms with Gasteiger partial charge in [0.05, 0.1) is 6.61 Å². The van der Waals surface area contributed by atoms with Crippen LogP contribution in [-0.4, -0.2) is 29.3 Å². The molecule has 4 heteroatoms. The monoisotopic (exact) mass is 225 g/mol. The zero-order chi connectivity index (χ0) is 12.0. The molecule has 0 aliphatic heterocycles. The van der Waals surface area contributed by atoms with Crippen molar-refractivity contribution in [3.8, 4) is 0 Å². The summed E-state index contributed by atoms with van der Waals surface area (Å²) in [5.41, 5.74) is 0. The molecule has 0 saturated heterocycles. The summed E-state index contributed by atoms with van der Waals surface area (Å²) in [6.45, 7) is 8.26. The van der Waals surface area contributed by atoms with Crippen LogP contribution in [0.4, 0.5) is 5.95 Å². The second-order valence-corrected chi connectivity index (χ2v) is 4.42. The largest absolute Gasteiger partial charge is 0.383 e. The van der Waals surface area contributed by atoms with E-state index < -0.39 is 0 Å². The fourth-order valence-electron chi connectivity index (χ4n) is 1.57. The summed E-state index contributed by atoms with van der Waals surface area (Å²) in [6, 6.07) is 0.281. The molecule has 1 aromatic rings. The van der Waals surface area contributed by atoms with E-state index in [4.69, 9.17) is 4.74 Å². The Balaban J connectivity index is 2.56. The van der Waals surface area contributed by atoms with Crippen molar-refractivity contribution < 1.29 is 4.74 Å². The number of rotatable bonds is 7. The summed E-state index contributed by atoms with van der Waals surface area (Å²) in [5.74, 6) is 1.61. The van der Waals surface area contributed by atoms with Crippen molar-refractivity contribution in [3.05, 3.63) is 12.4 Å². The van der Waals surface area contributed by atoms with Crippen LogP contribution in [0.15, 0.2) is 12.4 Å². The van der Waals surface area contributed by atoms with Crippen LogP contribution in [-0.2, 0) is 11.3 Å². The fraction of sp³-hybridized carbons (Fsp3) is 0.750. The predicted octanol–water partition coefficient (Wildman–Crippen LogP) is 2.38. The maximum Gasteiger partial charge on any atom is 0.203 e. The van der Waals surface area contributed by atoms with E-state index in [0.29, 0.717) is 12.5 Å². The molecule has 4 nitrogen and oxygen atoms in total. The summed E-state index contributed by atoms with van der Waals surface area (Å²) < 4.78 is 7.26. The normalized spacial score (nSPS) is 14.8. The van der Waals surface area contributed by atoms with E-state index in [9.17, 15) is 0 Å². The molecule has 0 fully saturated rings. The second-order valence-electron chi connectivity index (χ2n) is 4.42. The van der Waals surface area contributed by atoms with Crippen molar-refractivity contribution in [2.45, 2.75) is 39.8 Å². The van der Waals surface area contributed by atoms with Gasteiger partial charge in [-0.15, -0.1) is 0 Å². The van der Waals surface area contributed by atoms with Crippen LogP contribution in [0.3, 0.4) is 0 Å². The zero-order valence-electron chi connectivity index (χ0n) is 10.7. The number of nitrogens with one attached hydrogen (secondary N) is 1. The summed E-state index contributed by atoms with van der Waals surface area (Å²) >= 11 is 0. The first-order valence-electron chi connectivity index (χ1n) is 5.94. The molecule has 2 atom stereocenters. The molecule has 16 heavy (non-hydrogen) atoms. The Morgan fingerprint density at radius 3 is 2.88 bits per heavy atom. The molecule has 1 heterocycles. The Morgan fingerprint density at radius 2 is 2.25 bits per heavy atom. The Labute approximate surface area is 98.0 Å². The van der Waals surface area contributed by atoms with Crippen LogP contribution >= 0.6 is 0 Å². The van der Waals surface area contributed by atoms with Crippen LogP contribution < -0.4 is 5.32 Å². The Kier molecular flexibility index (Phi) is 5.32. The van der Waals surface area contributed by atoms with Gasteiger partial charge in [0.25, 0.3) is 0 Å². The highest BCUT2D eigenvalue weighted by molar-refractivity contribution is 5.27. The third-order valence-corrected chi connectivity index (χ3v) is 2.71. The first-order chi connectivity index (χ1) is 7.67. The van der Waals surface area contributed by atoms with Crippen molar-refractivity contribution in [1.29, 1.82) is 0 Å². The number of nitrogens with zero attached hydrogens (tertiary/aromatic N) is 2. The Bertz CT molecular complexity index is 298. The van der Waals surface area contributed by atoms with Crippen LogP contribution in [0.25, 0.3) is 0 Å². The maximum absolute atomic E-state index is 5.09. The second kappa shape index (κ2) is 6.53. The predicted molar refractivity (Wildman–Crippen MR) is 66.6 cm³/mol. The summed E-state index contributed by atoms with van der Waals surface area (Å²) in [7, 11) is 1.71. The average Bonchev–Trinajstić information content (AvgIpc) is 2.66. The lowest BCUT2D eigenvalue weighted by Gasteiger charge is -2.17. The number of anilines is 1. The van der Waals surface area contributed by atoms with Gasteiger partial charge in [-0.3, -0.25) is 0 Å². The number of aromatic nitrogens is 2. The van der Waals surface area contributed by atoms with Gasteiger partial charge >= 0.3 is 0 Å². The molecule has 0 spiro atoms. The van der Waals surface area contributed by atoms with Crippen molar-refractivity contribution in [2.24, 2.45) is 5.92 Å². The van der Waals surface area contributed by atoms with Gasteiger partial charge in [-0.1, -0.05) is 20.3 Å². The molecular formula is C12H23N3O. The SMILES string of the molecule is CCC(C)Cn1ccnc1NC(C)COC. The van der Waals surface area contributed by atoms with E-state index in [2.05, 4.69) is 35.6 Å². The van der Waals surface area contributed by atoms with E-state index in [1.54, 1.807) is 7.11 Å². The summed E-state index contributed by atoms with van der Waals surface area (Å²) in [4.78, 5) is 4.32. The lowest BCUT2D eigenvalue weighted by Crippen LogP contribution is -2.23. The third kappa shape index (κ3) is 3.85. The van der Waals surface area contributed by atoms with Gasteiger partial charge in [-0.2, -0.15) is 0 Å².